The van der Waals surface area contributed by atoms with Crippen LogP contribution in [0.3, 0.4) is 0 Å². The Morgan fingerprint density at radius 2 is 2.06 bits per heavy atom. The number of halogens is 2. The standard InChI is InChI=1S/C12H14ClFN2O/c13-8-3-4-10(14)9(7-8)12(11(17)16-15)5-1-2-6-12/h3-4,7H,1-2,5-6,15H2,(H,16,17). The molecule has 1 fully saturated rings. The fraction of sp³-hybridized carbons (Fsp3) is 0.417. The van der Waals surface area contributed by atoms with E-state index in [9.17, 15) is 9.18 Å². The van der Waals surface area contributed by atoms with Crippen LogP contribution in [-0.2, 0) is 10.2 Å². The van der Waals surface area contributed by atoms with Crippen molar-refractivity contribution < 1.29 is 9.18 Å². The molecule has 2 rings (SSSR count). The predicted octanol–water partition coefficient (Wildman–Crippen LogP) is 2.28. The summed E-state index contributed by atoms with van der Waals surface area (Å²) in [7, 11) is 0. The quantitative estimate of drug-likeness (QED) is 0.485. The second-order valence-electron chi connectivity index (χ2n) is 4.39. The Kier molecular flexibility index (Phi) is 3.35. The molecule has 1 amide bonds. The van der Waals surface area contributed by atoms with Crippen LogP contribution in [0, 0.1) is 5.82 Å². The molecule has 92 valence electrons. The summed E-state index contributed by atoms with van der Waals surface area (Å²) in [4.78, 5) is 12.0. The van der Waals surface area contributed by atoms with Crippen LogP contribution in [0.2, 0.25) is 5.02 Å². The van der Waals surface area contributed by atoms with Gasteiger partial charge in [0.05, 0.1) is 5.41 Å². The van der Waals surface area contributed by atoms with Crippen molar-refractivity contribution in [1.82, 2.24) is 5.43 Å². The van der Waals surface area contributed by atoms with Crippen LogP contribution < -0.4 is 11.3 Å². The van der Waals surface area contributed by atoms with Crippen LogP contribution in [-0.4, -0.2) is 5.91 Å². The lowest BCUT2D eigenvalue weighted by Gasteiger charge is -2.27. The van der Waals surface area contributed by atoms with E-state index in [1.54, 1.807) is 0 Å². The molecule has 1 saturated carbocycles. The minimum absolute atomic E-state index is 0.337. The molecule has 1 aliphatic carbocycles. The van der Waals surface area contributed by atoms with Crippen LogP contribution in [0.15, 0.2) is 18.2 Å². The fourth-order valence-corrected chi connectivity index (χ4v) is 2.77. The highest BCUT2D eigenvalue weighted by atomic mass is 35.5. The number of benzene rings is 1. The molecule has 0 aromatic heterocycles. The summed E-state index contributed by atoms with van der Waals surface area (Å²) < 4.78 is 13.9. The van der Waals surface area contributed by atoms with Gasteiger partial charge >= 0.3 is 0 Å². The van der Waals surface area contributed by atoms with Gasteiger partial charge in [0.25, 0.3) is 0 Å². The number of hydrogen-bond acceptors (Lipinski definition) is 2. The molecule has 17 heavy (non-hydrogen) atoms. The van der Waals surface area contributed by atoms with Gasteiger partial charge in [-0.05, 0) is 31.0 Å². The van der Waals surface area contributed by atoms with Gasteiger partial charge in [-0.1, -0.05) is 24.4 Å². The molecular weight excluding hydrogens is 243 g/mol. The summed E-state index contributed by atoms with van der Waals surface area (Å²) >= 11 is 5.88. The number of nitrogens with one attached hydrogen (secondary N) is 1. The second-order valence-corrected chi connectivity index (χ2v) is 4.82. The first-order valence-corrected chi connectivity index (χ1v) is 5.94. The molecule has 1 aliphatic rings. The Balaban J connectivity index is 2.53. The van der Waals surface area contributed by atoms with Crippen molar-refractivity contribution in [3.8, 4) is 0 Å². The summed E-state index contributed by atoms with van der Waals surface area (Å²) in [6.07, 6.45) is 2.99. The van der Waals surface area contributed by atoms with Gasteiger partial charge < -0.3 is 0 Å². The Bertz CT molecular complexity index is 444. The monoisotopic (exact) mass is 256 g/mol. The Morgan fingerprint density at radius 1 is 1.41 bits per heavy atom. The third-order valence-corrected chi connectivity index (χ3v) is 3.70. The van der Waals surface area contributed by atoms with Gasteiger partial charge in [0.15, 0.2) is 0 Å². The SMILES string of the molecule is NNC(=O)C1(c2cc(Cl)ccc2F)CCCC1. The largest absolute Gasteiger partial charge is 0.293 e. The second kappa shape index (κ2) is 4.63. The summed E-state index contributed by atoms with van der Waals surface area (Å²) in [5.41, 5.74) is 1.64. The molecule has 0 aliphatic heterocycles. The number of nitrogens with two attached hydrogens (primary N) is 1. The van der Waals surface area contributed by atoms with Crippen molar-refractivity contribution in [2.24, 2.45) is 5.84 Å². The summed E-state index contributed by atoms with van der Waals surface area (Å²) in [6.45, 7) is 0. The highest BCUT2D eigenvalue weighted by Crippen LogP contribution is 2.42. The third kappa shape index (κ3) is 2.03. The number of hydrogen-bond donors (Lipinski definition) is 2. The third-order valence-electron chi connectivity index (χ3n) is 3.47. The van der Waals surface area contributed by atoms with Crippen LogP contribution in [0.5, 0.6) is 0 Å². The molecule has 1 aromatic carbocycles. The number of amides is 1. The number of carbonyl (C=O) groups is 1. The molecule has 0 atom stereocenters. The molecule has 0 heterocycles. The van der Waals surface area contributed by atoms with Gasteiger partial charge in [-0.25, -0.2) is 10.2 Å². The summed E-state index contributed by atoms with van der Waals surface area (Å²) in [5.74, 6) is 4.47. The lowest BCUT2D eigenvalue weighted by atomic mass is 9.78. The first-order valence-electron chi connectivity index (χ1n) is 5.57. The zero-order valence-corrected chi connectivity index (χ0v) is 10.1. The highest BCUT2D eigenvalue weighted by Gasteiger charge is 2.44. The van der Waals surface area contributed by atoms with Crippen molar-refractivity contribution >= 4 is 17.5 Å². The van der Waals surface area contributed by atoms with Gasteiger partial charge in [-0.3, -0.25) is 10.2 Å². The van der Waals surface area contributed by atoms with Gasteiger partial charge in [0.2, 0.25) is 5.91 Å². The first-order chi connectivity index (χ1) is 8.10. The lowest BCUT2D eigenvalue weighted by Crippen LogP contribution is -2.46. The molecule has 0 spiro atoms. The summed E-state index contributed by atoms with van der Waals surface area (Å²) in [6, 6.07) is 4.29. The van der Waals surface area contributed by atoms with E-state index in [0.717, 1.165) is 12.8 Å². The molecule has 0 radical (unpaired) electrons. The molecule has 0 saturated heterocycles. The normalized spacial score (nSPS) is 18.1. The van der Waals surface area contributed by atoms with Crippen LogP contribution in [0.4, 0.5) is 4.39 Å². The van der Waals surface area contributed by atoms with E-state index in [4.69, 9.17) is 17.4 Å². The average Bonchev–Trinajstić information content (AvgIpc) is 2.81. The molecule has 0 bridgehead atoms. The van der Waals surface area contributed by atoms with E-state index >= 15 is 0 Å². The van der Waals surface area contributed by atoms with E-state index in [2.05, 4.69) is 5.43 Å². The average molecular weight is 257 g/mol. The highest BCUT2D eigenvalue weighted by molar-refractivity contribution is 6.30. The number of carbonyl (C=O) groups excluding carboxylic acids is 1. The maximum absolute atomic E-state index is 13.9. The van der Waals surface area contributed by atoms with E-state index in [1.807, 2.05) is 0 Å². The zero-order valence-electron chi connectivity index (χ0n) is 9.30. The molecule has 3 N–H and O–H groups in total. The van der Waals surface area contributed by atoms with E-state index < -0.39 is 11.2 Å². The van der Waals surface area contributed by atoms with Crippen molar-refractivity contribution in [2.45, 2.75) is 31.1 Å². The predicted molar refractivity (Wildman–Crippen MR) is 63.9 cm³/mol. The van der Waals surface area contributed by atoms with Crippen molar-refractivity contribution in [3.05, 3.63) is 34.6 Å². The Morgan fingerprint density at radius 3 is 2.65 bits per heavy atom. The van der Waals surface area contributed by atoms with E-state index in [-0.39, 0.29) is 5.91 Å². The number of hydrazine groups is 1. The van der Waals surface area contributed by atoms with Crippen LogP contribution in [0.1, 0.15) is 31.2 Å². The maximum atomic E-state index is 13.9. The van der Waals surface area contributed by atoms with Gasteiger partial charge in [0, 0.05) is 10.6 Å². The molecular formula is C12H14ClFN2O. The van der Waals surface area contributed by atoms with Gasteiger partial charge in [-0.2, -0.15) is 0 Å². The van der Waals surface area contributed by atoms with Crippen LogP contribution >= 0.6 is 11.6 Å². The van der Waals surface area contributed by atoms with Crippen molar-refractivity contribution in [3.63, 3.8) is 0 Å². The van der Waals surface area contributed by atoms with Crippen molar-refractivity contribution in [1.29, 1.82) is 0 Å². The minimum Gasteiger partial charge on any atom is -0.293 e. The Labute approximate surface area is 104 Å². The molecule has 5 heteroatoms. The molecule has 0 unspecified atom stereocenters. The zero-order chi connectivity index (χ0) is 12.5. The summed E-state index contributed by atoms with van der Waals surface area (Å²) in [5, 5.41) is 0.428. The topological polar surface area (TPSA) is 55.1 Å². The molecule has 3 nitrogen and oxygen atoms in total. The number of rotatable bonds is 2. The van der Waals surface area contributed by atoms with Crippen molar-refractivity contribution in [2.75, 3.05) is 0 Å². The first kappa shape index (κ1) is 12.3. The van der Waals surface area contributed by atoms with E-state index in [1.165, 1.54) is 18.2 Å². The van der Waals surface area contributed by atoms with E-state index in [0.29, 0.717) is 23.4 Å². The van der Waals surface area contributed by atoms with Gasteiger partial charge in [0.1, 0.15) is 5.82 Å². The van der Waals surface area contributed by atoms with Crippen LogP contribution in [0.25, 0.3) is 0 Å². The molecule has 1 aromatic rings. The smallest absolute Gasteiger partial charge is 0.244 e. The Hall–Kier alpha value is -1.13. The maximum Gasteiger partial charge on any atom is 0.244 e. The minimum atomic E-state index is -0.857. The van der Waals surface area contributed by atoms with Gasteiger partial charge in [-0.15, -0.1) is 0 Å². The fourth-order valence-electron chi connectivity index (χ4n) is 2.60. The lowest BCUT2D eigenvalue weighted by molar-refractivity contribution is -0.126.